The Hall–Kier alpha value is -3.77. The quantitative estimate of drug-likeness (QED) is 0.449. The highest BCUT2D eigenvalue weighted by atomic mass is 19.1. The van der Waals surface area contributed by atoms with Gasteiger partial charge < -0.3 is 14.4 Å². The third-order valence-electron chi connectivity index (χ3n) is 6.59. The molecule has 1 fully saturated rings. The molecule has 9 heteroatoms. The van der Waals surface area contributed by atoms with Gasteiger partial charge in [-0.3, -0.25) is 5.10 Å². The summed E-state index contributed by atoms with van der Waals surface area (Å²) in [5.74, 6) is -1.41. The molecule has 5 rings (SSSR count). The van der Waals surface area contributed by atoms with Gasteiger partial charge in [-0.2, -0.15) is 10.4 Å². The maximum atomic E-state index is 13.8. The van der Waals surface area contributed by atoms with Crippen LogP contribution in [0.5, 0.6) is 0 Å². The van der Waals surface area contributed by atoms with Crippen molar-refractivity contribution in [1.82, 2.24) is 19.7 Å². The molecule has 1 aromatic carbocycles. The molecule has 0 saturated carbocycles. The second-order valence-electron chi connectivity index (χ2n) is 9.39. The molecule has 4 heterocycles. The molecular weight excluding hydrogens is 437 g/mol. The van der Waals surface area contributed by atoms with Gasteiger partial charge >= 0.3 is 5.97 Å². The van der Waals surface area contributed by atoms with E-state index in [0.717, 1.165) is 33.4 Å². The van der Waals surface area contributed by atoms with Crippen LogP contribution in [0.2, 0.25) is 0 Å². The van der Waals surface area contributed by atoms with Crippen LogP contribution in [0.4, 0.5) is 4.39 Å². The predicted molar refractivity (Wildman–Crippen MR) is 123 cm³/mol. The molecule has 4 aromatic rings. The number of aliphatic carboxylic acids is 1. The van der Waals surface area contributed by atoms with Crippen molar-refractivity contribution in [3.8, 4) is 11.8 Å². The Morgan fingerprint density at radius 2 is 2.12 bits per heavy atom. The fourth-order valence-corrected chi connectivity index (χ4v) is 4.96. The molecule has 0 radical (unpaired) electrons. The lowest BCUT2D eigenvalue weighted by atomic mass is 9.79. The van der Waals surface area contributed by atoms with Crippen molar-refractivity contribution < 1.29 is 19.0 Å². The van der Waals surface area contributed by atoms with Gasteiger partial charge in [-0.05, 0) is 43.2 Å². The van der Waals surface area contributed by atoms with E-state index in [9.17, 15) is 19.6 Å². The average Bonchev–Trinajstić information content (AvgIpc) is 3.40. The van der Waals surface area contributed by atoms with E-state index in [0.29, 0.717) is 18.5 Å². The third kappa shape index (κ3) is 3.60. The van der Waals surface area contributed by atoms with Crippen molar-refractivity contribution in [3.05, 3.63) is 53.6 Å². The Morgan fingerprint density at radius 3 is 2.76 bits per heavy atom. The van der Waals surface area contributed by atoms with Crippen molar-refractivity contribution in [3.63, 3.8) is 0 Å². The number of carbonyl (C=O) groups is 1. The van der Waals surface area contributed by atoms with Crippen molar-refractivity contribution >= 4 is 28.0 Å². The topological polar surface area (TPSA) is 117 Å². The van der Waals surface area contributed by atoms with Gasteiger partial charge in [0.25, 0.3) is 0 Å². The molecule has 0 spiro atoms. The van der Waals surface area contributed by atoms with Crippen LogP contribution < -0.4 is 0 Å². The van der Waals surface area contributed by atoms with Gasteiger partial charge in [-0.15, -0.1) is 0 Å². The number of halogens is 1. The lowest BCUT2D eigenvalue weighted by molar-refractivity contribution is -0.153. The summed E-state index contributed by atoms with van der Waals surface area (Å²) in [5.41, 5.74) is 4.19. The Balaban J connectivity index is 1.82. The molecule has 1 saturated heterocycles. The minimum absolute atomic E-state index is 0.111. The van der Waals surface area contributed by atoms with E-state index in [-0.39, 0.29) is 24.8 Å². The second kappa shape index (κ2) is 8.22. The second-order valence-corrected chi connectivity index (χ2v) is 9.39. The average molecular weight is 461 g/mol. The van der Waals surface area contributed by atoms with E-state index >= 15 is 0 Å². The zero-order valence-electron chi connectivity index (χ0n) is 18.9. The molecule has 34 heavy (non-hydrogen) atoms. The molecule has 0 amide bonds. The van der Waals surface area contributed by atoms with Crippen LogP contribution in [-0.4, -0.2) is 43.5 Å². The molecular formula is C25H24FN5O3. The van der Waals surface area contributed by atoms with Crippen molar-refractivity contribution in [1.29, 1.82) is 5.26 Å². The van der Waals surface area contributed by atoms with Crippen molar-refractivity contribution in [2.45, 2.75) is 50.5 Å². The summed E-state index contributed by atoms with van der Waals surface area (Å²) in [5, 5.41) is 26.9. The first-order chi connectivity index (χ1) is 16.3. The normalized spacial score (nSPS) is 18.9. The number of pyridine rings is 1. The molecule has 8 nitrogen and oxygen atoms in total. The molecule has 1 aliphatic heterocycles. The van der Waals surface area contributed by atoms with E-state index in [1.165, 1.54) is 12.1 Å². The van der Waals surface area contributed by atoms with Gasteiger partial charge in [-0.1, -0.05) is 13.8 Å². The van der Waals surface area contributed by atoms with Gasteiger partial charge in [-0.25, -0.2) is 14.2 Å². The number of nitriles is 1. The lowest BCUT2D eigenvalue weighted by Gasteiger charge is -2.31. The highest BCUT2D eigenvalue weighted by Crippen LogP contribution is 2.44. The molecule has 3 aromatic heterocycles. The van der Waals surface area contributed by atoms with Crippen LogP contribution in [0.25, 0.3) is 27.8 Å². The highest BCUT2D eigenvalue weighted by Gasteiger charge is 2.37. The number of nitrogens with one attached hydrogen (secondary N) is 1. The highest BCUT2D eigenvalue weighted by molar-refractivity contribution is 5.94. The van der Waals surface area contributed by atoms with E-state index < -0.39 is 17.5 Å². The minimum Gasteiger partial charge on any atom is -0.479 e. The number of carboxylic acid groups (broad SMARTS) is 1. The number of aromatic amines is 1. The summed E-state index contributed by atoms with van der Waals surface area (Å²) in [6.45, 7) is 4.24. The summed E-state index contributed by atoms with van der Waals surface area (Å²) in [6.07, 6.45) is 2.11. The zero-order chi connectivity index (χ0) is 24.0. The van der Waals surface area contributed by atoms with Gasteiger partial charge in [0.1, 0.15) is 5.82 Å². The Labute approximate surface area is 195 Å². The number of aromatic nitrogens is 4. The molecule has 174 valence electrons. The number of fused-ring (bicyclic) bond motifs is 2. The largest absolute Gasteiger partial charge is 0.479 e. The maximum absolute atomic E-state index is 13.8. The number of rotatable bonds is 5. The zero-order valence-corrected chi connectivity index (χ0v) is 18.9. The van der Waals surface area contributed by atoms with Crippen LogP contribution in [0, 0.1) is 17.1 Å². The van der Waals surface area contributed by atoms with E-state index in [4.69, 9.17) is 9.72 Å². The van der Waals surface area contributed by atoms with Crippen LogP contribution in [0.15, 0.2) is 36.5 Å². The minimum atomic E-state index is -0.963. The number of H-pyrrole nitrogens is 1. The summed E-state index contributed by atoms with van der Waals surface area (Å²) >= 11 is 0. The lowest BCUT2D eigenvalue weighted by Crippen LogP contribution is -2.32. The van der Waals surface area contributed by atoms with E-state index in [2.05, 4.69) is 16.3 Å². The summed E-state index contributed by atoms with van der Waals surface area (Å²) in [4.78, 5) is 16.3. The Kier molecular flexibility index (Phi) is 5.33. The van der Waals surface area contributed by atoms with Gasteiger partial charge in [0, 0.05) is 40.1 Å². The molecule has 0 unspecified atom stereocenters. The Bertz CT molecular complexity index is 1420. The molecule has 0 bridgehead atoms. The van der Waals surface area contributed by atoms with E-state index in [1.54, 1.807) is 18.3 Å². The van der Waals surface area contributed by atoms with E-state index in [1.807, 2.05) is 24.5 Å². The fraction of sp³-hybridized carbons (Fsp3) is 0.360. The summed E-state index contributed by atoms with van der Waals surface area (Å²) in [7, 11) is 0. The number of hydrogen-bond acceptors (Lipinski definition) is 5. The van der Waals surface area contributed by atoms with Gasteiger partial charge in [0.05, 0.1) is 29.9 Å². The SMILES string of the molecule is CC(C)(CC#N)c1c([C@H]2CC[C@H](C(=O)O)OC2)c2nc3[nH]ncc3cc2n1-c1ccc(F)cc1. The summed E-state index contributed by atoms with van der Waals surface area (Å²) < 4.78 is 21.6. The first-order valence-electron chi connectivity index (χ1n) is 11.2. The smallest absolute Gasteiger partial charge is 0.332 e. The molecule has 2 atom stereocenters. The molecule has 2 N–H and O–H groups in total. The van der Waals surface area contributed by atoms with Crippen LogP contribution in [0.1, 0.15) is 50.3 Å². The van der Waals surface area contributed by atoms with Crippen LogP contribution in [-0.2, 0) is 14.9 Å². The van der Waals surface area contributed by atoms with Gasteiger partial charge in [0.15, 0.2) is 11.8 Å². The number of benzene rings is 1. The monoisotopic (exact) mass is 461 g/mol. The van der Waals surface area contributed by atoms with Crippen molar-refractivity contribution in [2.24, 2.45) is 0 Å². The standard InChI is InChI=1S/C25H24FN5O3/c1-25(2,9-10-27)22-20(14-3-8-19(24(32)33)34-13-14)21-18(11-15-12-28-30-23(15)29-21)31(22)17-6-4-16(26)5-7-17/h4-7,11-12,14,19H,3,8-9,13H2,1-2H3,(H,32,33)(H,28,29,30)/t14-,19+/m0/s1. The van der Waals surface area contributed by atoms with Crippen LogP contribution in [0.3, 0.4) is 0 Å². The Morgan fingerprint density at radius 1 is 1.35 bits per heavy atom. The molecule has 0 aliphatic carbocycles. The fourth-order valence-electron chi connectivity index (χ4n) is 4.96. The first-order valence-corrected chi connectivity index (χ1v) is 11.2. The third-order valence-corrected chi connectivity index (χ3v) is 6.59. The summed E-state index contributed by atoms with van der Waals surface area (Å²) in [6, 6.07) is 10.5. The number of hydrogen-bond donors (Lipinski definition) is 2. The van der Waals surface area contributed by atoms with Crippen LogP contribution >= 0.6 is 0 Å². The number of ether oxygens (including phenoxy) is 1. The van der Waals surface area contributed by atoms with Crippen molar-refractivity contribution in [2.75, 3.05) is 6.61 Å². The van der Waals surface area contributed by atoms with Gasteiger partial charge in [0.2, 0.25) is 0 Å². The predicted octanol–water partition coefficient (Wildman–Crippen LogP) is 4.58. The number of nitrogens with zero attached hydrogens (tertiary/aromatic N) is 4. The molecule has 1 aliphatic rings. The number of carboxylic acids is 1. The first kappa shape index (κ1) is 22.0. The maximum Gasteiger partial charge on any atom is 0.332 e.